The number of hydrogen-bond donors (Lipinski definition) is 2. The van der Waals surface area contributed by atoms with Crippen LogP contribution >= 0.6 is 0 Å². The van der Waals surface area contributed by atoms with Crippen molar-refractivity contribution in [3.8, 4) is 6.07 Å². The SMILES string of the molecule is N#Cc1ccc(COC(=O)N=C(N)N)c(F)c1N1CCC(c2ccc(C(F)(F)F)cc2)CC1. The molecule has 0 aromatic heterocycles. The summed E-state index contributed by atoms with van der Waals surface area (Å²) < 4.78 is 58.4. The molecule has 1 aliphatic heterocycles. The van der Waals surface area contributed by atoms with E-state index in [0.29, 0.717) is 25.9 Å². The van der Waals surface area contributed by atoms with Gasteiger partial charge in [-0.1, -0.05) is 18.2 Å². The molecule has 0 radical (unpaired) electrons. The van der Waals surface area contributed by atoms with Crippen molar-refractivity contribution >= 4 is 17.7 Å². The van der Waals surface area contributed by atoms with Crippen molar-refractivity contribution in [2.24, 2.45) is 16.5 Å². The third kappa shape index (κ3) is 5.71. The van der Waals surface area contributed by atoms with Crippen LogP contribution in [0.25, 0.3) is 0 Å². The fourth-order valence-electron chi connectivity index (χ4n) is 3.78. The van der Waals surface area contributed by atoms with Gasteiger partial charge in [0.25, 0.3) is 0 Å². The molecule has 2 aromatic rings. The van der Waals surface area contributed by atoms with Crippen molar-refractivity contribution in [1.82, 2.24) is 0 Å². The molecule has 0 atom stereocenters. The summed E-state index contributed by atoms with van der Waals surface area (Å²) in [5, 5.41) is 9.44. The second-order valence-electron chi connectivity index (χ2n) is 7.52. The van der Waals surface area contributed by atoms with E-state index in [4.69, 9.17) is 16.2 Å². The second-order valence-corrected chi connectivity index (χ2v) is 7.52. The highest BCUT2D eigenvalue weighted by Gasteiger charge is 2.31. The fourth-order valence-corrected chi connectivity index (χ4v) is 3.78. The zero-order valence-electron chi connectivity index (χ0n) is 17.4. The standard InChI is InChI=1S/C22H21F4N5O2/c23-18-16(12-33-21(32)30-20(28)29)2-1-15(11-27)19(18)31-9-7-14(8-10-31)13-3-5-17(6-4-13)22(24,25)26/h1-6,14H,7-10,12H2,(H4,28,29,30,32). The molecular formula is C22H21F4N5O2. The Balaban J connectivity index is 1.73. The number of carbonyl (C=O) groups is 1. The number of halogens is 4. The zero-order valence-corrected chi connectivity index (χ0v) is 17.4. The summed E-state index contributed by atoms with van der Waals surface area (Å²) >= 11 is 0. The molecule has 33 heavy (non-hydrogen) atoms. The third-order valence-corrected chi connectivity index (χ3v) is 5.41. The van der Waals surface area contributed by atoms with Gasteiger partial charge in [0.1, 0.15) is 12.7 Å². The molecule has 0 unspecified atom stereocenters. The van der Waals surface area contributed by atoms with Gasteiger partial charge >= 0.3 is 12.3 Å². The van der Waals surface area contributed by atoms with Gasteiger partial charge in [-0.15, -0.1) is 4.99 Å². The number of nitrogens with two attached hydrogens (primary N) is 2. The molecule has 1 fully saturated rings. The van der Waals surface area contributed by atoms with Crippen LogP contribution in [-0.4, -0.2) is 25.1 Å². The van der Waals surface area contributed by atoms with E-state index in [2.05, 4.69) is 4.99 Å². The summed E-state index contributed by atoms with van der Waals surface area (Å²) in [7, 11) is 0. The largest absolute Gasteiger partial charge is 0.443 e. The van der Waals surface area contributed by atoms with Crippen LogP contribution in [0.4, 0.5) is 28.0 Å². The van der Waals surface area contributed by atoms with Gasteiger partial charge < -0.3 is 21.1 Å². The zero-order chi connectivity index (χ0) is 24.2. The van der Waals surface area contributed by atoms with Crippen molar-refractivity contribution in [2.45, 2.75) is 31.5 Å². The molecule has 1 heterocycles. The Bertz CT molecular complexity index is 1080. The molecule has 11 heteroatoms. The lowest BCUT2D eigenvalue weighted by molar-refractivity contribution is -0.137. The minimum Gasteiger partial charge on any atom is -0.443 e. The van der Waals surface area contributed by atoms with Gasteiger partial charge in [0, 0.05) is 18.7 Å². The van der Waals surface area contributed by atoms with Crippen LogP contribution in [0.2, 0.25) is 0 Å². The first-order valence-electron chi connectivity index (χ1n) is 10.00. The Labute approximate surface area is 187 Å². The Hall–Kier alpha value is -3.81. The molecule has 1 aliphatic rings. The highest BCUT2D eigenvalue weighted by molar-refractivity contribution is 5.87. The number of guanidine groups is 1. The van der Waals surface area contributed by atoms with Gasteiger partial charge in [-0.05, 0) is 42.5 Å². The van der Waals surface area contributed by atoms with E-state index >= 15 is 4.39 Å². The lowest BCUT2D eigenvalue weighted by atomic mass is 9.88. The van der Waals surface area contributed by atoms with Crippen LogP contribution in [0.5, 0.6) is 0 Å². The smallest absolute Gasteiger partial charge is 0.437 e. The van der Waals surface area contributed by atoms with Crippen LogP contribution in [0.15, 0.2) is 41.4 Å². The Kier molecular flexibility index (Phi) is 7.06. The molecule has 7 nitrogen and oxygen atoms in total. The summed E-state index contributed by atoms with van der Waals surface area (Å²) in [4.78, 5) is 16.4. The number of hydrogen-bond acceptors (Lipinski definition) is 4. The number of aliphatic imine (C=N–C) groups is 1. The molecule has 2 aromatic carbocycles. The molecule has 0 saturated carbocycles. The maximum Gasteiger partial charge on any atom is 0.437 e. The Morgan fingerprint density at radius 2 is 1.79 bits per heavy atom. The van der Waals surface area contributed by atoms with E-state index in [1.165, 1.54) is 24.3 Å². The lowest BCUT2D eigenvalue weighted by Gasteiger charge is -2.34. The topological polar surface area (TPSA) is 118 Å². The quantitative estimate of drug-likeness (QED) is 0.402. The predicted octanol–water partition coefficient (Wildman–Crippen LogP) is 4.01. The molecule has 0 bridgehead atoms. The predicted molar refractivity (Wildman–Crippen MR) is 113 cm³/mol. The van der Waals surface area contributed by atoms with Crippen LogP contribution in [0, 0.1) is 17.1 Å². The van der Waals surface area contributed by atoms with Gasteiger partial charge in [-0.2, -0.15) is 18.4 Å². The maximum atomic E-state index is 15.2. The van der Waals surface area contributed by atoms with Crippen LogP contribution in [-0.2, 0) is 17.5 Å². The highest BCUT2D eigenvalue weighted by Crippen LogP contribution is 2.36. The van der Waals surface area contributed by atoms with Gasteiger partial charge in [0.2, 0.25) is 0 Å². The number of ether oxygens (including phenoxy) is 1. The van der Waals surface area contributed by atoms with Crippen molar-refractivity contribution in [2.75, 3.05) is 18.0 Å². The number of piperidine rings is 1. The first-order chi connectivity index (χ1) is 15.6. The number of amides is 1. The number of nitriles is 1. The number of alkyl halides is 3. The van der Waals surface area contributed by atoms with Crippen molar-refractivity contribution in [1.29, 1.82) is 5.26 Å². The Morgan fingerprint density at radius 1 is 1.15 bits per heavy atom. The molecule has 4 N–H and O–H groups in total. The first kappa shape index (κ1) is 23.8. The van der Waals surface area contributed by atoms with E-state index in [1.54, 1.807) is 4.90 Å². The van der Waals surface area contributed by atoms with E-state index in [-0.39, 0.29) is 22.7 Å². The molecule has 0 spiro atoms. The Morgan fingerprint density at radius 3 is 2.33 bits per heavy atom. The highest BCUT2D eigenvalue weighted by atomic mass is 19.4. The number of nitrogens with zero attached hydrogens (tertiary/aromatic N) is 3. The van der Waals surface area contributed by atoms with Crippen molar-refractivity contribution in [3.63, 3.8) is 0 Å². The van der Waals surface area contributed by atoms with Gasteiger partial charge in [0.15, 0.2) is 11.8 Å². The molecule has 1 saturated heterocycles. The van der Waals surface area contributed by atoms with Crippen LogP contribution < -0.4 is 16.4 Å². The molecule has 3 rings (SSSR count). The molecule has 0 aliphatic carbocycles. The van der Waals surface area contributed by atoms with Crippen molar-refractivity contribution < 1.29 is 27.1 Å². The molecule has 174 valence electrons. The van der Waals surface area contributed by atoms with Gasteiger partial charge in [-0.3, -0.25) is 0 Å². The second kappa shape index (κ2) is 9.77. The third-order valence-electron chi connectivity index (χ3n) is 5.41. The average molecular weight is 463 g/mol. The lowest BCUT2D eigenvalue weighted by Crippen LogP contribution is -2.34. The van der Waals surface area contributed by atoms with E-state index < -0.39 is 36.2 Å². The fraction of sp³-hybridized carbons (Fsp3) is 0.318. The van der Waals surface area contributed by atoms with Crippen molar-refractivity contribution in [3.05, 3.63) is 64.5 Å². The normalized spacial score (nSPS) is 14.5. The summed E-state index contributed by atoms with van der Waals surface area (Å²) in [6, 6.07) is 9.79. The van der Waals surface area contributed by atoms with Crippen LogP contribution in [0.1, 0.15) is 41.0 Å². The van der Waals surface area contributed by atoms with Gasteiger partial charge in [0.05, 0.1) is 16.8 Å². The van der Waals surface area contributed by atoms with Gasteiger partial charge in [-0.25, -0.2) is 9.18 Å². The monoisotopic (exact) mass is 463 g/mol. The minimum atomic E-state index is -4.39. The number of rotatable bonds is 4. The number of benzene rings is 2. The van der Waals surface area contributed by atoms with E-state index in [0.717, 1.165) is 17.7 Å². The molecule has 1 amide bonds. The van der Waals surface area contributed by atoms with E-state index in [1.807, 2.05) is 6.07 Å². The van der Waals surface area contributed by atoms with Crippen LogP contribution in [0.3, 0.4) is 0 Å². The summed E-state index contributed by atoms with van der Waals surface area (Å²) in [5.41, 5.74) is 10.5. The first-order valence-corrected chi connectivity index (χ1v) is 10.00. The number of anilines is 1. The average Bonchev–Trinajstić information content (AvgIpc) is 2.77. The summed E-state index contributed by atoms with van der Waals surface area (Å²) in [6.45, 7) is 0.366. The summed E-state index contributed by atoms with van der Waals surface area (Å²) in [5.74, 6) is -1.17. The maximum absolute atomic E-state index is 15.2. The number of carbonyl (C=O) groups excluding carboxylic acids is 1. The van der Waals surface area contributed by atoms with E-state index in [9.17, 15) is 23.2 Å². The minimum absolute atomic E-state index is 0.0147. The molecular weight excluding hydrogens is 442 g/mol. The summed E-state index contributed by atoms with van der Waals surface area (Å²) in [6.07, 6.45) is -4.33.